The van der Waals surface area contributed by atoms with Crippen molar-refractivity contribution in [3.05, 3.63) is 77.6 Å². The van der Waals surface area contributed by atoms with Gasteiger partial charge in [-0.25, -0.2) is 9.37 Å². The second kappa shape index (κ2) is 8.94. The Morgan fingerprint density at radius 3 is 2.66 bits per heavy atom. The molecule has 1 aromatic heterocycles. The lowest BCUT2D eigenvalue weighted by molar-refractivity contribution is -0.138. The zero-order chi connectivity index (χ0) is 22.8. The van der Waals surface area contributed by atoms with Gasteiger partial charge in [-0.3, -0.25) is 4.79 Å². The predicted octanol–water partition coefficient (Wildman–Crippen LogP) is 4.70. The Labute approximate surface area is 187 Å². The Hall–Kier alpha value is -3.48. The molecule has 1 aliphatic heterocycles. The molecule has 0 radical (unpaired) electrons. The third kappa shape index (κ3) is 4.15. The number of carbonyl (C=O) groups is 1. The van der Waals surface area contributed by atoms with E-state index in [0.717, 1.165) is 23.4 Å². The molecule has 1 amide bonds. The maximum absolute atomic E-state index is 13.3. The van der Waals surface area contributed by atoms with Crippen LogP contribution in [0.3, 0.4) is 0 Å². The van der Waals surface area contributed by atoms with Gasteiger partial charge in [0.2, 0.25) is 5.91 Å². The molecule has 32 heavy (non-hydrogen) atoms. The molecule has 2 aromatic carbocycles. The Morgan fingerprint density at radius 2 is 2.00 bits per heavy atom. The zero-order valence-electron chi connectivity index (χ0n) is 18.5. The predicted molar refractivity (Wildman–Crippen MR) is 121 cm³/mol. The van der Waals surface area contributed by atoms with Crippen molar-refractivity contribution < 1.29 is 13.9 Å². The number of benzene rings is 2. The number of aryl methyl sites for hydroxylation is 1. The summed E-state index contributed by atoms with van der Waals surface area (Å²) in [5.41, 5.74) is 3.56. The van der Waals surface area contributed by atoms with Gasteiger partial charge in [0.15, 0.2) is 0 Å². The molecule has 0 saturated carbocycles. The summed E-state index contributed by atoms with van der Waals surface area (Å²) in [6.45, 7) is 4.49. The number of nitrogens with zero attached hydrogens (tertiary/aromatic N) is 3. The maximum atomic E-state index is 13.3. The SMILES string of the molecule is COc1cc(C(=N)C2CCCN(C(C)c3ccc(F)cc3)C2=O)ccc1-n1cnc(C)c1. The molecule has 2 unspecified atom stereocenters. The second-order valence-corrected chi connectivity index (χ2v) is 8.18. The van der Waals surface area contributed by atoms with Crippen LogP contribution in [0.15, 0.2) is 55.0 Å². The van der Waals surface area contributed by atoms with Gasteiger partial charge in [-0.15, -0.1) is 0 Å². The minimum absolute atomic E-state index is 0.0636. The lowest BCUT2D eigenvalue weighted by atomic mass is 9.87. The highest BCUT2D eigenvalue weighted by Crippen LogP contribution is 2.31. The molecule has 3 aromatic rings. The molecule has 2 atom stereocenters. The van der Waals surface area contributed by atoms with Crippen LogP contribution >= 0.6 is 0 Å². The number of rotatable bonds is 6. The van der Waals surface area contributed by atoms with Crippen LogP contribution in [0.5, 0.6) is 5.75 Å². The van der Waals surface area contributed by atoms with Gasteiger partial charge in [0.05, 0.1) is 42.5 Å². The number of amides is 1. The van der Waals surface area contributed by atoms with Crippen LogP contribution in [0, 0.1) is 24.1 Å². The summed E-state index contributed by atoms with van der Waals surface area (Å²) in [4.78, 5) is 19.4. The molecule has 1 N–H and O–H groups in total. The van der Waals surface area contributed by atoms with Crippen molar-refractivity contribution in [3.63, 3.8) is 0 Å². The van der Waals surface area contributed by atoms with Crippen LogP contribution < -0.4 is 4.74 Å². The lowest BCUT2D eigenvalue weighted by Gasteiger charge is -2.37. The summed E-state index contributed by atoms with van der Waals surface area (Å²) >= 11 is 0. The highest BCUT2D eigenvalue weighted by molar-refractivity contribution is 6.12. The van der Waals surface area contributed by atoms with Crippen LogP contribution in [0.4, 0.5) is 4.39 Å². The minimum atomic E-state index is -0.516. The highest BCUT2D eigenvalue weighted by atomic mass is 19.1. The maximum Gasteiger partial charge on any atom is 0.232 e. The van der Waals surface area contributed by atoms with Crippen molar-refractivity contribution in [1.82, 2.24) is 14.5 Å². The molecule has 4 rings (SSSR count). The number of methoxy groups -OCH3 is 1. The van der Waals surface area contributed by atoms with E-state index < -0.39 is 5.92 Å². The highest BCUT2D eigenvalue weighted by Gasteiger charge is 2.35. The molecule has 166 valence electrons. The molecular formula is C25H27FN4O2. The largest absolute Gasteiger partial charge is 0.495 e. The van der Waals surface area contributed by atoms with Crippen LogP contribution in [0.1, 0.15) is 42.6 Å². The third-order valence-electron chi connectivity index (χ3n) is 6.12. The number of hydrogen-bond acceptors (Lipinski definition) is 4. The van der Waals surface area contributed by atoms with E-state index in [1.54, 1.807) is 30.5 Å². The van der Waals surface area contributed by atoms with Gasteiger partial charge < -0.3 is 19.6 Å². The van der Waals surface area contributed by atoms with Gasteiger partial charge in [0, 0.05) is 12.7 Å². The van der Waals surface area contributed by atoms with Crippen molar-refractivity contribution in [2.75, 3.05) is 13.7 Å². The Kier molecular flexibility index (Phi) is 6.08. The number of carbonyl (C=O) groups excluding carboxylic acids is 1. The number of aromatic nitrogens is 2. The van der Waals surface area contributed by atoms with Gasteiger partial charge in [-0.2, -0.15) is 0 Å². The Balaban J connectivity index is 1.57. The van der Waals surface area contributed by atoms with E-state index in [-0.39, 0.29) is 23.5 Å². The second-order valence-electron chi connectivity index (χ2n) is 8.18. The van der Waals surface area contributed by atoms with E-state index in [4.69, 9.17) is 10.1 Å². The molecule has 1 fully saturated rings. The number of halogens is 1. The zero-order valence-corrected chi connectivity index (χ0v) is 18.5. The van der Waals surface area contributed by atoms with Crippen LogP contribution in [0.2, 0.25) is 0 Å². The first kappa shape index (κ1) is 21.7. The first-order chi connectivity index (χ1) is 15.4. The van der Waals surface area contributed by atoms with Crippen molar-refractivity contribution in [3.8, 4) is 11.4 Å². The normalized spacial score (nSPS) is 17.3. The van der Waals surface area contributed by atoms with Gasteiger partial charge >= 0.3 is 0 Å². The van der Waals surface area contributed by atoms with Crippen LogP contribution in [-0.4, -0.2) is 39.7 Å². The smallest absolute Gasteiger partial charge is 0.232 e. The van der Waals surface area contributed by atoms with Gasteiger partial charge in [0.1, 0.15) is 11.6 Å². The Morgan fingerprint density at radius 1 is 1.25 bits per heavy atom. The van der Waals surface area contributed by atoms with E-state index in [1.807, 2.05) is 42.8 Å². The monoisotopic (exact) mass is 434 g/mol. The third-order valence-corrected chi connectivity index (χ3v) is 6.12. The van der Waals surface area contributed by atoms with Crippen molar-refractivity contribution in [2.24, 2.45) is 5.92 Å². The van der Waals surface area contributed by atoms with Crippen molar-refractivity contribution in [1.29, 1.82) is 5.41 Å². The summed E-state index contributed by atoms with van der Waals surface area (Å²) in [6.07, 6.45) is 5.07. The summed E-state index contributed by atoms with van der Waals surface area (Å²) < 4.78 is 20.7. The summed E-state index contributed by atoms with van der Waals surface area (Å²) in [5.74, 6) is -0.262. The van der Waals surface area contributed by atoms with Gasteiger partial charge in [-0.1, -0.05) is 18.2 Å². The number of imidazole rings is 1. The fourth-order valence-electron chi connectivity index (χ4n) is 4.29. The van der Waals surface area contributed by atoms with Crippen molar-refractivity contribution in [2.45, 2.75) is 32.7 Å². The summed E-state index contributed by atoms with van der Waals surface area (Å²) in [6, 6.07) is 11.6. The molecule has 0 aliphatic carbocycles. The Bertz CT molecular complexity index is 1140. The molecule has 0 bridgehead atoms. The van der Waals surface area contributed by atoms with E-state index in [9.17, 15) is 9.18 Å². The molecule has 0 spiro atoms. The number of ether oxygens (including phenoxy) is 1. The molecule has 1 saturated heterocycles. The first-order valence-corrected chi connectivity index (χ1v) is 10.7. The van der Waals surface area contributed by atoms with Crippen molar-refractivity contribution >= 4 is 11.6 Å². The number of piperidine rings is 1. The topological polar surface area (TPSA) is 71.2 Å². The van der Waals surface area contributed by atoms with Gasteiger partial charge in [-0.05, 0) is 62.1 Å². The van der Waals surface area contributed by atoms with Crippen LogP contribution in [0.25, 0.3) is 5.69 Å². The van der Waals surface area contributed by atoms with Gasteiger partial charge in [0.25, 0.3) is 0 Å². The fraction of sp³-hybridized carbons (Fsp3) is 0.320. The minimum Gasteiger partial charge on any atom is -0.495 e. The average Bonchev–Trinajstić information content (AvgIpc) is 3.24. The number of likely N-dealkylation sites (tertiary alicyclic amines) is 1. The quantitative estimate of drug-likeness (QED) is 0.572. The van der Waals surface area contributed by atoms with E-state index >= 15 is 0 Å². The average molecular weight is 435 g/mol. The molecule has 1 aliphatic rings. The standard InChI is InChI=1S/C25H27FN4O2/c1-16-14-29(15-28-16)22-11-8-19(13-23(22)32-3)24(27)21-5-4-12-30(25(21)31)17(2)18-6-9-20(26)10-7-18/h6-11,13-15,17,21,27H,4-5,12H2,1-3H3. The molecular weight excluding hydrogens is 407 g/mol. The lowest BCUT2D eigenvalue weighted by Crippen LogP contribution is -2.45. The van der Waals surface area contributed by atoms with E-state index in [1.165, 1.54) is 12.1 Å². The molecule has 2 heterocycles. The van der Waals surface area contributed by atoms with E-state index in [0.29, 0.717) is 24.3 Å². The van der Waals surface area contributed by atoms with E-state index in [2.05, 4.69) is 4.98 Å². The fourth-order valence-corrected chi connectivity index (χ4v) is 4.29. The number of nitrogens with one attached hydrogen (secondary N) is 1. The first-order valence-electron chi connectivity index (χ1n) is 10.7. The molecule has 6 nitrogen and oxygen atoms in total. The summed E-state index contributed by atoms with van der Waals surface area (Å²) in [5, 5.41) is 8.80. The number of hydrogen-bond donors (Lipinski definition) is 1. The summed E-state index contributed by atoms with van der Waals surface area (Å²) in [7, 11) is 1.59. The molecule has 7 heteroatoms. The van der Waals surface area contributed by atoms with Crippen LogP contribution in [-0.2, 0) is 4.79 Å².